The number of nitro benzene ring substituents is 1. The number of nitrogens with one attached hydrogen (secondary N) is 1. The number of non-ortho nitro benzene ring substituents is 1. The maximum absolute atomic E-state index is 12.1. The number of hydrogen-bond donors (Lipinski definition) is 1. The molecule has 0 saturated carbocycles. The Morgan fingerprint density at radius 2 is 2.08 bits per heavy atom. The van der Waals surface area contributed by atoms with Crippen molar-refractivity contribution in [2.24, 2.45) is 0 Å². The molecule has 3 aromatic rings. The van der Waals surface area contributed by atoms with Crippen LogP contribution in [0.4, 0.5) is 5.69 Å². The van der Waals surface area contributed by atoms with Crippen molar-refractivity contribution in [2.75, 3.05) is 6.54 Å². The van der Waals surface area contributed by atoms with Gasteiger partial charge in [0.2, 0.25) is 0 Å². The Labute approximate surface area is 138 Å². The number of pyridine rings is 1. The summed E-state index contributed by atoms with van der Waals surface area (Å²) in [7, 11) is 0. The number of aromatic nitrogens is 2. The number of amides is 1. The molecule has 1 amide bonds. The second-order valence-corrected chi connectivity index (χ2v) is 5.44. The summed E-state index contributed by atoms with van der Waals surface area (Å²) in [5.74, 6) is -0.335. The fraction of sp³-hybridized carbons (Fsp3) is 0.176. The molecule has 7 heteroatoms. The van der Waals surface area contributed by atoms with Crippen LogP contribution in [-0.2, 0) is 6.42 Å². The van der Waals surface area contributed by atoms with Crippen molar-refractivity contribution in [1.29, 1.82) is 0 Å². The van der Waals surface area contributed by atoms with Gasteiger partial charge in [-0.3, -0.25) is 14.9 Å². The van der Waals surface area contributed by atoms with Gasteiger partial charge in [0, 0.05) is 42.6 Å². The van der Waals surface area contributed by atoms with Crippen LogP contribution in [0.2, 0.25) is 0 Å². The molecule has 0 saturated heterocycles. The van der Waals surface area contributed by atoms with Gasteiger partial charge in [0.1, 0.15) is 5.65 Å². The minimum Gasteiger partial charge on any atom is -0.352 e. The number of nitrogens with zero attached hydrogens (tertiary/aromatic N) is 3. The second kappa shape index (κ2) is 6.49. The van der Waals surface area contributed by atoms with E-state index in [0.717, 1.165) is 17.0 Å². The molecular formula is C17H16N4O3. The van der Waals surface area contributed by atoms with E-state index in [9.17, 15) is 14.9 Å². The van der Waals surface area contributed by atoms with Gasteiger partial charge in [-0.15, -0.1) is 0 Å². The molecule has 0 aliphatic heterocycles. The Morgan fingerprint density at radius 1 is 1.29 bits per heavy atom. The van der Waals surface area contributed by atoms with Crippen LogP contribution >= 0.6 is 0 Å². The first kappa shape index (κ1) is 15.7. The van der Waals surface area contributed by atoms with Crippen LogP contribution < -0.4 is 5.32 Å². The molecule has 0 spiro atoms. The summed E-state index contributed by atoms with van der Waals surface area (Å²) in [5.41, 5.74) is 3.01. The molecule has 2 aromatic heterocycles. The van der Waals surface area contributed by atoms with Crippen LogP contribution in [0.3, 0.4) is 0 Å². The minimum absolute atomic E-state index is 0.0986. The maximum Gasteiger partial charge on any atom is 0.270 e. The molecule has 0 atom stereocenters. The van der Waals surface area contributed by atoms with E-state index in [4.69, 9.17) is 0 Å². The first-order chi connectivity index (χ1) is 11.5. The zero-order valence-electron chi connectivity index (χ0n) is 13.1. The highest BCUT2D eigenvalue weighted by Gasteiger charge is 2.11. The summed E-state index contributed by atoms with van der Waals surface area (Å²) in [5, 5.41) is 13.5. The zero-order chi connectivity index (χ0) is 17.1. The second-order valence-electron chi connectivity index (χ2n) is 5.44. The largest absolute Gasteiger partial charge is 0.352 e. The van der Waals surface area contributed by atoms with Crippen LogP contribution in [-0.4, -0.2) is 26.8 Å². The quantitative estimate of drug-likeness (QED) is 0.577. The van der Waals surface area contributed by atoms with Crippen molar-refractivity contribution in [3.63, 3.8) is 0 Å². The van der Waals surface area contributed by atoms with E-state index in [1.54, 1.807) is 6.07 Å². The smallest absolute Gasteiger partial charge is 0.270 e. The van der Waals surface area contributed by atoms with Gasteiger partial charge in [-0.25, -0.2) is 4.98 Å². The van der Waals surface area contributed by atoms with Gasteiger partial charge in [-0.1, -0.05) is 12.1 Å². The summed E-state index contributed by atoms with van der Waals surface area (Å²) in [4.78, 5) is 26.8. The van der Waals surface area contributed by atoms with E-state index in [0.29, 0.717) is 13.0 Å². The van der Waals surface area contributed by atoms with Gasteiger partial charge >= 0.3 is 0 Å². The third kappa shape index (κ3) is 3.24. The van der Waals surface area contributed by atoms with E-state index >= 15 is 0 Å². The lowest BCUT2D eigenvalue weighted by Crippen LogP contribution is -2.25. The van der Waals surface area contributed by atoms with Crippen molar-refractivity contribution < 1.29 is 9.72 Å². The third-order valence-corrected chi connectivity index (χ3v) is 3.73. The monoisotopic (exact) mass is 324 g/mol. The first-order valence-electron chi connectivity index (χ1n) is 7.51. The lowest BCUT2D eigenvalue weighted by molar-refractivity contribution is -0.384. The number of hydrogen-bond acceptors (Lipinski definition) is 4. The minimum atomic E-state index is -0.518. The fourth-order valence-electron chi connectivity index (χ4n) is 2.49. The van der Waals surface area contributed by atoms with Gasteiger partial charge in [-0.2, -0.15) is 0 Å². The maximum atomic E-state index is 12.1. The lowest BCUT2D eigenvalue weighted by Gasteiger charge is -2.03. The topological polar surface area (TPSA) is 89.5 Å². The molecule has 0 aliphatic carbocycles. The fourth-order valence-corrected chi connectivity index (χ4v) is 2.49. The molecule has 0 bridgehead atoms. The summed E-state index contributed by atoms with van der Waals surface area (Å²) in [6.45, 7) is 2.41. The standard InChI is InChI=1S/C17H16N4O3/c1-12-4-2-7-16-19-14(11-20(12)16)8-9-18-17(22)13-5-3-6-15(10-13)21(23)24/h2-7,10-11H,8-9H2,1H3,(H,18,22). The van der Waals surface area contributed by atoms with Crippen LogP contribution in [0.25, 0.3) is 5.65 Å². The molecule has 2 heterocycles. The molecule has 122 valence electrons. The van der Waals surface area contributed by atoms with E-state index in [1.807, 2.05) is 35.7 Å². The van der Waals surface area contributed by atoms with E-state index in [2.05, 4.69) is 10.3 Å². The van der Waals surface area contributed by atoms with E-state index < -0.39 is 4.92 Å². The molecule has 3 rings (SSSR count). The van der Waals surface area contributed by atoms with Crippen LogP contribution in [0, 0.1) is 17.0 Å². The number of benzene rings is 1. The predicted octanol–water partition coefficient (Wildman–Crippen LogP) is 2.52. The average Bonchev–Trinajstić information content (AvgIpc) is 2.99. The number of carbonyl (C=O) groups excluding carboxylic acids is 1. The normalized spacial score (nSPS) is 10.7. The molecule has 0 fully saturated rings. The van der Waals surface area contributed by atoms with E-state index in [1.165, 1.54) is 18.2 Å². The summed E-state index contributed by atoms with van der Waals surface area (Å²) in [6, 6.07) is 11.6. The number of rotatable bonds is 5. The van der Waals surface area contributed by atoms with E-state index in [-0.39, 0.29) is 17.2 Å². The molecule has 0 radical (unpaired) electrons. The van der Waals surface area contributed by atoms with Gasteiger partial charge in [-0.05, 0) is 25.1 Å². The van der Waals surface area contributed by atoms with Crippen molar-refractivity contribution in [3.8, 4) is 0 Å². The Balaban J connectivity index is 1.63. The van der Waals surface area contributed by atoms with Crippen LogP contribution in [0.15, 0.2) is 48.7 Å². The highest BCUT2D eigenvalue weighted by atomic mass is 16.6. The third-order valence-electron chi connectivity index (χ3n) is 3.73. The molecule has 1 N–H and O–H groups in total. The first-order valence-corrected chi connectivity index (χ1v) is 7.51. The number of nitro groups is 1. The number of aryl methyl sites for hydroxylation is 1. The number of carbonyl (C=O) groups is 1. The number of imidazole rings is 1. The zero-order valence-corrected chi connectivity index (χ0v) is 13.1. The molecule has 1 aromatic carbocycles. The van der Waals surface area contributed by atoms with Gasteiger partial charge in [0.15, 0.2) is 0 Å². The van der Waals surface area contributed by atoms with Crippen molar-refractivity contribution in [3.05, 3.63) is 75.7 Å². The van der Waals surface area contributed by atoms with Crippen molar-refractivity contribution in [2.45, 2.75) is 13.3 Å². The summed E-state index contributed by atoms with van der Waals surface area (Å²) in [6.07, 6.45) is 2.53. The van der Waals surface area contributed by atoms with Crippen LogP contribution in [0.1, 0.15) is 21.7 Å². The highest BCUT2D eigenvalue weighted by molar-refractivity contribution is 5.94. The molecule has 0 unspecified atom stereocenters. The van der Waals surface area contributed by atoms with Gasteiger partial charge < -0.3 is 9.72 Å². The average molecular weight is 324 g/mol. The highest BCUT2D eigenvalue weighted by Crippen LogP contribution is 2.13. The molecule has 0 aliphatic rings. The summed E-state index contributed by atoms with van der Waals surface area (Å²) >= 11 is 0. The van der Waals surface area contributed by atoms with Crippen molar-refractivity contribution >= 4 is 17.2 Å². The molecular weight excluding hydrogens is 308 g/mol. The molecule has 7 nitrogen and oxygen atoms in total. The van der Waals surface area contributed by atoms with Gasteiger partial charge in [0.05, 0.1) is 10.6 Å². The predicted molar refractivity (Wildman–Crippen MR) is 89.1 cm³/mol. The lowest BCUT2D eigenvalue weighted by atomic mass is 10.2. The Hall–Kier alpha value is -3.22. The summed E-state index contributed by atoms with van der Waals surface area (Å²) < 4.78 is 2.00. The number of fused-ring (bicyclic) bond motifs is 1. The Bertz CT molecular complexity index is 917. The van der Waals surface area contributed by atoms with Crippen LogP contribution in [0.5, 0.6) is 0 Å². The SMILES string of the molecule is Cc1cccc2nc(CCNC(=O)c3cccc([N+](=O)[O-])c3)cn12. The molecule has 24 heavy (non-hydrogen) atoms. The van der Waals surface area contributed by atoms with Crippen molar-refractivity contribution in [1.82, 2.24) is 14.7 Å². The Kier molecular flexibility index (Phi) is 4.24. The van der Waals surface area contributed by atoms with Gasteiger partial charge in [0.25, 0.3) is 11.6 Å². The Morgan fingerprint density at radius 3 is 2.83 bits per heavy atom.